The highest BCUT2D eigenvalue weighted by molar-refractivity contribution is 6.44. The Morgan fingerprint density at radius 3 is 2.94 bits per heavy atom. The molecule has 0 aromatic heterocycles. The van der Waals surface area contributed by atoms with Crippen molar-refractivity contribution < 1.29 is 29.1 Å². The minimum absolute atomic E-state index is 0.0754. The Morgan fingerprint density at radius 2 is 2.33 bits per heavy atom. The summed E-state index contributed by atoms with van der Waals surface area (Å²) in [6.07, 6.45) is 0. The summed E-state index contributed by atoms with van der Waals surface area (Å²) in [5, 5.41) is 18.7. The summed E-state index contributed by atoms with van der Waals surface area (Å²) in [5.74, 6) is -1.18. The van der Waals surface area contributed by atoms with E-state index in [4.69, 9.17) is 25.7 Å². The summed E-state index contributed by atoms with van der Waals surface area (Å²) in [6, 6.07) is 1.36. The van der Waals surface area contributed by atoms with Crippen molar-refractivity contribution in [3.05, 3.63) is 16.7 Å². The number of benzene rings is 1. The van der Waals surface area contributed by atoms with Gasteiger partial charge in [-0.1, -0.05) is 11.6 Å². The summed E-state index contributed by atoms with van der Waals surface area (Å²) >= 11 is 5.95. The van der Waals surface area contributed by atoms with Crippen LogP contribution in [0.1, 0.15) is 17.3 Å². The number of fused-ring (bicyclic) bond motifs is 1. The zero-order valence-electron chi connectivity index (χ0n) is 9.47. The molecule has 0 amide bonds. The third kappa shape index (κ3) is 2.19. The average molecular weight is 272 g/mol. The summed E-state index contributed by atoms with van der Waals surface area (Å²) in [5.41, 5.74) is -0.213. The van der Waals surface area contributed by atoms with Crippen molar-refractivity contribution >= 4 is 24.7 Å². The van der Waals surface area contributed by atoms with E-state index in [0.717, 1.165) is 0 Å². The van der Waals surface area contributed by atoms with Gasteiger partial charge in [0.2, 0.25) is 0 Å². The predicted molar refractivity (Wildman–Crippen MR) is 63.7 cm³/mol. The van der Waals surface area contributed by atoms with Crippen LogP contribution in [0.25, 0.3) is 0 Å². The van der Waals surface area contributed by atoms with Crippen LogP contribution in [-0.2, 0) is 0 Å². The van der Waals surface area contributed by atoms with Crippen LogP contribution >= 0.6 is 11.6 Å². The van der Waals surface area contributed by atoms with Crippen molar-refractivity contribution in [3.63, 3.8) is 0 Å². The molecule has 6 nitrogen and oxygen atoms in total. The first kappa shape index (κ1) is 12.9. The monoisotopic (exact) mass is 272 g/mol. The smallest absolute Gasteiger partial charge is 0.531 e. The van der Waals surface area contributed by atoms with E-state index in [1.165, 1.54) is 6.07 Å². The first-order chi connectivity index (χ1) is 8.54. The molecule has 0 spiro atoms. The van der Waals surface area contributed by atoms with Gasteiger partial charge in [-0.25, -0.2) is 4.79 Å². The van der Waals surface area contributed by atoms with Crippen LogP contribution in [0.5, 0.6) is 17.2 Å². The zero-order chi connectivity index (χ0) is 13.3. The normalized spacial score (nSPS) is 13.4. The van der Waals surface area contributed by atoms with Crippen LogP contribution in [0.4, 0.5) is 0 Å². The fourth-order valence-corrected chi connectivity index (χ4v) is 1.87. The van der Waals surface area contributed by atoms with E-state index >= 15 is 0 Å². The zero-order valence-corrected chi connectivity index (χ0v) is 10.2. The highest BCUT2D eigenvalue weighted by Gasteiger charge is 2.33. The number of ether oxygens (including phenoxy) is 2. The number of carboxylic acid groups (broad SMARTS) is 1. The molecule has 1 heterocycles. The highest BCUT2D eigenvalue weighted by atomic mass is 35.5. The number of carbonyl (C=O) groups is 1. The predicted octanol–water partition coefficient (Wildman–Crippen LogP) is 1.23. The highest BCUT2D eigenvalue weighted by Crippen LogP contribution is 2.45. The number of rotatable bonds is 3. The molecule has 0 saturated carbocycles. The molecule has 0 saturated heterocycles. The molecule has 0 aliphatic carbocycles. The lowest BCUT2D eigenvalue weighted by Gasteiger charge is -2.24. The maximum atomic E-state index is 11.2. The summed E-state index contributed by atoms with van der Waals surface area (Å²) in [7, 11) is -1.23. The molecule has 2 rings (SSSR count). The molecule has 18 heavy (non-hydrogen) atoms. The van der Waals surface area contributed by atoms with Gasteiger partial charge in [0.05, 0.1) is 11.6 Å². The van der Waals surface area contributed by atoms with E-state index in [0.29, 0.717) is 0 Å². The Morgan fingerprint density at radius 1 is 1.61 bits per heavy atom. The van der Waals surface area contributed by atoms with Gasteiger partial charge in [-0.3, -0.25) is 0 Å². The largest absolute Gasteiger partial charge is 0.563 e. The van der Waals surface area contributed by atoms with Crippen LogP contribution < -0.4 is 14.1 Å². The topological polar surface area (TPSA) is 85.2 Å². The number of hydrogen-bond donors (Lipinski definition) is 2. The summed E-state index contributed by atoms with van der Waals surface area (Å²) in [6.45, 7) is 1.88. The molecule has 0 atom stereocenters. The van der Waals surface area contributed by atoms with Crippen molar-refractivity contribution in [1.29, 1.82) is 0 Å². The standard InChI is InChI=1S/C10H10BClO6/c1-2-16-6-3-5(12)8-9(7(6)10(13)14)18-11(15)4-17-8/h3,15H,2,4H2,1H3,(H,13,14). The molecule has 0 fully saturated rings. The first-order valence-electron chi connectivity index (χ1n) is 5.24. The molecule has 1 aliphatic rings. The molecule has 1 aromatic rings. The van der Waals surface area contributed by atoms with Gasteiger partial charge in [0.15, 0.2) is 11.5 Å². The van der Waals surface area contributed by atoms with Gasteiger partial charge in [0, 0.05) is 6.07 Å². The average Bonchev–Trinajstić information content (AvgIpc) is 2.28. The van der Waals surface area contributed by atoms with Crippen molar-refractivity contribution in [2.24, 2.45) is 0 Å². The fourth-order valence-electron chi connectivity index (χ4n) is 1.63. The Bertz CT molecular complexity index is 492. The maximum Gasteiger partial charge on any atom is 0.563 e. The summed E-state index contributed by atoms with van der Waals surface area (Å²) in [4.78, 5) is 11.2. The van der Waals surface area contributed by atoms with Crippen molar-refractivity contribution in [2.75, 3.05) is 13.1 Å². The summed E-state index contributed by atoms with van der Waals surface area (Å²) < 4.78 is 15.4. The third-order valence-electron chi connectivity index (χ3n) is 2.29. The van der Waals surface area contributed by atoms with Crippen LogP contribution in [0.2, 0.25) is 5.02 Å². The lowest BCUT2D eigenvalue weighted by atomic mass is 9.91. The Kier molecular flexibility index (Phi) is 3.54. The molecule has 96 valence electrons. The first-order valence-corrected chi connectivity index (χ1v) is 5.62. The molecule has 0 bridgehead atoms. The maximum absolute atomic E-state index is 11.2. The van der Waals surface area contributed by atoms with Crippen LogP contribution in [0.15, 0.2) is 6.07 Å². The second-order valence-electron chi connectivity index (χ2n) is 3.51. The van der Waals surface area contributed by atoms with Crippen LogP contribution in [0.3, 0.4) is 0 Å². The van der Waals surface area contributed by atoms with Crippen LogP contribution in [0, 0.1) is 0 Å². The molecular weight excluding hydrogens is 262 g/mol. The number of halogens is 1. The quantitative estimate of drug-likeness (QED) is 0.805. The van der Waals surface area contributed by atoms with E-state index in [2.05, 4.69) is 0 Å². The van der Waals surface area contributed by atoms with Gasteiger partial charge in [0.1, 0.15) is 17.8 Å². The Labute approximate surface area is 108 Å². The van der Waals surface area contributed by atoms with Gasteiger partial charge >= 0.3 is 13.1 Å². The van der Waals surface area contributed by atoms with Crippen LogP contribution in [-0.4, -0.2) is 36.3 Å². The second kappa shape index (κ2) is 4.95. The van der Waals surface area contributed by atoms with E-state index in [1.807, 2.05) is 0 Å². The van der Waals surface area contributed by atoms with Gasteiger partial charge < -0.3 is 24.3 Å². The lowest BCUT2D eigenvalue weighted by Crippen LogP contribution is -2.35. The number of carboxylic acids is 1. The van der Waals surface area contributed by atoms with Crippen molar-refractivity contribution in [1.82, 2.24) is 0 Å². The number of aromatic carboxylic acids is 1. The molecule has 0 radical (unpaired) electrons. The van der Waals surface area contributed by atoms with E-state index in [9.17, 15) is 14.9 Å². The minimum Gasteiger partial charge on any atom is -0.531 e. The number of hydrogen-bond acceptors (Lipinski definition) is 5. The molecule has 2 N–H and O–H groups in total. The van der Waals surface area contributed by atoms with Crippen molar-refractivity contribution in [3.8, 4) is 17.2 Å². The SMILES string of the molecule is CCOc1cc(Cl)c2c(c1C(=O)O)OB(O)CO2. The third-order valence-corrected chi connectivity index (χ3v) is 2.57. The Hall–Kier alpha value is -1.60. The van der Waals surface area contributed by atoms with Gasteiger partial charge in [-0.05, 0) is 6.92 Å². The van der Waals surface area contributed by atoms with E-state index in [-0.39, 0.29) is 40.9 Å². The van der Waals surface area contributed by atoms with E-state index in [1.54, 1.807) is 6.92 Å². The molecule has 1 aromatic carbocycles. The molecule has 0 unspecified atom stereocenters. The van der Waals surface area contributed by atoms with Gasteiger partial charge in [-0.2, -0.15) is 0 Å². The van der Waals surface area contributed by atoms with Gasteiger partial charge in [-0.15, -0.1) is 0 Å². The fraction of sp³-hybridized carbons (Fsp3) is 0.300. The second-order valence-corrected chi connectivity index (χ2v) is 3.92. The molecular formula is C10H10BClO6. The van der Waals surface area contributed by atoms with Gasteiger partial charge in [0.25, 0.3) is 0 Å². The molecule has 8 heteroatoms. The molecule has 1 aliphatic heterocycles. The van der Waals surface area contributed by atoms with E-state index < -0.39 is 13.1 Å². The lowest BCUT2D eigenvalue weighted by molar-refractivity contribution is 0.0688. The minimum atomic E-state index is -1.25. The van der Waals surface area contributed by atoms with Crippen molar-refractivity contribution in [2.45, 2.75) is 6.92 Å². The Balaban J connectivity index is 2.62.